The molecule has 1 saturated heterocycles. The molecule has 3 rings (SSSR count). The molecule has 0 saturated carbocycles. The van der Waals surface area contributed by atoms with E-state index in [1.54, 1.807) is 47.5 Å². The molecule has 1 aromatic heterocycles. The van der Waals surface area contributed by atoms with Crippen LogP contribution in [0.5, 0.6) is 0 Å². The van der Waals surface area contributed by atoms with Crippen LogP contribution in [-0.4, -0.2) is 32.9 Å². The fourth-order valence-corrected chi connectivity index (χ4v) is 3.90. The van der Waals surface area contributed by atoms with Gasteiger partial charge >= 0.3 is 0 Å². The van der Waals surface area contributed by atoms with Crippen molar-refractivity contribution >= 4 is 27.3 Å². The van der Waals surface area contributed by atoms with E-state index in [2.05, 4.69) is 4.98 Å². The summed E-state index contributed by atoms with van der Waals surface area (Å²) >= 11 is 0. The maximum Gasteiger partial charge on any atom is 0.264 e. The van der Waals surface area contributed by atoms with Crippen molar-refractivity contribution in [1.82, 2.24) is 4.98 Å². The van der Waals surface area contributed by atoms with Gasteiger partial charge in [0.1, 0.15) is 0 Å². The topological polar surface area (TPSA) is 70.6 Å². The van der Waals surface area contributed by atoms with Crippen molar-refractivity contribution in [1.29, 1.82) is 0 Å². The first kappa shape index (κ1) is 16.4. The smallest absolute Gasteiger partial charge is 0.264 e. The summed E-state index contributed by atoms with van der Waals surface area (Å²) in [6.45, 7) is 0.681. The number of hydrogen-bond donors (Lipinski definition) is 0. The zero-order chi connectivity index (χ0) is 17.2. The molecule has 0 atom stereocenters. The number of benzene rings is 1. The van der Waals surface area contributed by atoms with E-state index in [0.29, 0.717) is 18.7 Å². The molecule has 7 heteroatoms. The fraction of sp³-hybridized carbons (Fsp3) is 0.294. The van der Waals surface area contributed by atoms with Gasteiger partial charge in [0.2, 0.25) is 5.91 Å². The van der Waals surface area contributed by atoms with Crippen LogP contribution in [0.1, 0.15) is 19.3 Å². The van der Waals surface area contributed by atoms with Crippen molar-refractivity contribution in [2.75, 3.05) is 22.8 Å². The van der Waals surface area contributed by atoms with Gasteiger partial charge in [-0.3, -0.25) is 14.1 Å². The first-order chi connectivity index (χ1) is 11.5. The van der Waals surface area contributed by atoms with E-state index in [4.69, 9.17) is 0 Å². The third-order valence-corrected chi connectivity index (χ3v) is 5.94. The van der Waals surface area contributed by atoms with E-state index in [1.165, 1.54) is 17.5 Å². The van der Waals surface area contributed by atoms with E-state index in [1.807, 2.05) is 0 Å². The molecule has 1 amide bonds. The van der Waals surface area contributed by atoms with Crippen molar-refractivity contribution in [3.63, 3.8) is 0 Å². The third-order valence-electron chi connectivity index (χ3n) is 4.14. The van der Waals surface area contributed by atoms with Gasteiger partial charge in [0.25, 0.3) is 10.0 Å². The van der Waals surface area contributed by atoms with E-state index in [9.17, 15) is 13.2 Å². The predicted molar refractivity (Wildman–Crippen MR) is 92.5 cm³/mol. The van der Waals surface area contributed by atoms with Crippen molar-refractivity contribution in [3.05, 3.63) is 48.8 Å². The lowest BCUT2D eigenvalue weighted by atomic mass is 10.1. The summed E-state index contributed by atoms with van der Waals surface area (Å²) in [5, 5.41) is 0. The Bertz CT molecular complexity index is 820. The highest BCUT2D eigenvalue weighted by Gasteiger charge is 2.23. The molecule has 1 aliphatic rings. The van der Waals surface area contributed by atoms with Gasteiger partial charge in [-0.05, 0) is 49.2 Å². The summed E-state index contributed by atoms with van der Waals surface area (Å²) in [5.41, 5.74) is 1.23. The number of carbonyl (C=O) groups excluding carboxylic acids is 1. The van der Waals surface area contributed by atoms with Crippen LogP contribution in [0.3, 0.4) is 0 Å². The van der Waals surface area contributed by atoms with E-state index in [0.717, 1.165) is 18.5 Å². The van der Waals surface area contributed by atoms with Crippen LogP contribution < -0.4 is 9.21 Å². The number of nitrogens with zero attached hydrogens (tertiary/aromatic N) is 3. The number of amides is 1. The average molecular weight is 345 g/mol. The van der Waals surface area contributed by atoms with Gasteiger partial charge in [-0.15, -0.1) is 0 Å². The summed E-state index contributed by atoms with van der Waals surface area (Å²) in [7, 11) is -2.17. The minimum absolute atomic E-state index is 0.0873. The number of aromatic nitrogens is 1. The minimum Gasteiger partial charge on any atom is -0.312 e. The van der Waals surface area contributed by atoms with Crippen LogP contribution in [0.15, 0.2) is 53.7 Å². The van der Waals surface area contributed by atoms with Crippen molar-refractivity contribution < 1.29 is 13.2 Å². The number of carbonyl (C=O) groups is 1. The van der Waals surface area contributed by atoms with Crippen LogP contribution in [0.4, 0.5) is 11.4 Å². The molecule has 24 heavy (non-hydrogen) atoms. The van der Waals surface area contributed by atoms with Crippen LogP contribution >= 0.6 is 0 Å². The lowest BCUT2D eigenvalue weighted by molar-refractivity contribution is -0.119. The van der Waals surface area contributed by atoms with Crippen molar-refractivity contribution in [2.24, 2.45) is 0 Å². The molecule has 0 N–H and O–H groups in total. The van der Waals surface area contributed by atoms with Crippen molar-refractivity contribution in [3.8, 4) is 0 Å². The fourth-order valence-electron chi connectivity index (χ4n) is 2.71. The second kappa shape index (κ2) is 6.60. The Hall–Kier alpha value is -2.41. The molecule has 126 valence electrons. The number of rotatable bonds is 4. The molecule has 2 aromatic rings. The number of hydrogen-bond acceptors (Lipinski definition) is 4. The monoisotopic (exact) mass is 345 g/mol. The van der Waals surface area contributed by atoms with Crippen LogP contribution in [0.25, 0.3) is 0 Å². The van der Waals surface area contributed by atoms with Crippen LogP contribution in [-0.2, 0) is 14.8 Å². The quantitative estimate of drug-likeness (QED) is 0.853. The van der Waals surface area contributed by atoms with E-state index < -0.39 is 10.0 Å². The van der Waals surface area contributed by atoms with Crippen molar-refractivity contribution in [2.45, 2.75) is 24.2 Å². The van der Waals surface area contributed by atoms with Gasteiger partial charge in [-0.1, -0.05) is 0 Å². The Balaban J connectivity index is 1.85. The number of pyridine rings is 1. The van der Waals surface area contributed by atoms with Gasteiger partial charge in [0.15, 0.2) is 0 Å². The number of piperidine rings is 1. The molecule has 0 aliphatic carbocycles. The molecule has 6 nitrogen and oxygen atoms in total. The lowest BCUT2D eigenvalue weighted by Crippen LogP contribution is -2.35. The first-order valence-electron chi connectivity index (χ1n) is 7.79. The predicted octanol–water partition coefficient (Wildman–Crippen LogP) is 2.42. The average Bonchev–Trinajstić information content (AvgIpc) is 2.62. The van der Waals surface area contributed by atoms with Crippen LogP contribution in [0, 0.1) is 0 Å². The lowest BCUT2D eigenvalue weighted by Gasteiger charge is -2.27. The van der Waals surface area contributed by atoms with Gasteiger partial charge < -0.3 is 4.90 Å². The Morgan fingerprint density at radius 2 is 1.88 bits per heavy atom. The summed E-state index contributed by atoms with van der Waals surface area (Å²) in [5.74, 6) is 0.0873. The number of sulfonamides is 1. The molecular formula is C17H19N3O3S. The van der Waals surface area contributed by atoms with E-state index in [-0.39, 0.29) is 10.8 Å². The summed E-state index contributed by atoms with van der Waals surface area (Å²) in [6.07, 6.45) is 5.52. The van der Waals surface area contributed by atoms with Gasteiger partial charge in [-0.2, -0.15) is 0 Å². The Morgan fingerprint density at radius 1 is 1.12 bits per heavy atom. The molecule has 0 unspecified atom stereocenters. The Morgan fingerprint density at radius 3 is 2.50 bits per heavy atom. The second-order valence-electron chi connectivity index (χ2n) is 5.68. The highest BCUT2D eigenvalue weighted by atomic mass is 32.2. The standard InChI is InChI=1S/C17H19N3O3S/c1-19(15-5-4-11-18-13-15)24(22,23)16-9-7-14(8-10-16)20-12-3-2-6-17(20)21/h4-5,7-11,13H,2-3,6,12H2,1H3. The molecule has 0 bridgehead atoms. The van der Waals surface area contributed by atoms with Gasteiger partial charge in [0, 0.05) is 31.9 Å². The Labute approximate surface area is 141 Å². The van der Waals surface area contributed by atoms with Gasteiger partial charge in [-0.25, -0.2) is 8.42 Å². The first-order valence-corrected chi connectivity index (χ1v) is 9.23. The molecule has 1 fully saturated rings. The Kier molecular flexibility index (Phi) is 4.53. The molecule has 1 aromatic carbocycles. The zero-order valence-electron chi connectivity index (χ0n) is 13.4. The maximum atomic E-state index is 12.7. The summed E-state index contributed by atoms with van der Waals surface area (Å²) in [4.78, 5) is 17.8. The minimum atomic E-state index is -3.66. The number of anilines is 2. The molecule has 1 aliphatic heterocycles. The maximum absolute atomic E-state index is 12.7. The molecule has 0 spiro atoms. The second-order valence-corrected chi connectivity index (χ2v) is 7.65. The molecular weight excluding hydrogens is 326 g/mol. The zero-order valence-corrected chi connectivity index (χ0v) is 14.2. The van der Waals surface area contributed by atoms with E-state index >= 15 is 0 Å². The van der Waals surface area contributed by atoms with Gasteiger partial charge in [0.05, 0.1) is 16.8 Å². The largest absolute Gasteiger partial charge is 0.312 e. The normalized spacial score (nSPS) is 15.4. The highest BCUT2D eigenvalue weighted by molar-refractivity contribution is 7.92. The summed E-state index contributed by atoms with van der Waals surface area (Å²) < 4.78 is 26.6. The molecule has 0 radical (unpaired) electrons. The molecule has 2 heterocycles. The summed E-state index contributed by atoms with van der Waals surface area (Å²) in [6, 6.07) is 9.83. The highest BCUT2D eigenvalue weighted by Crippen LogP contribution is 2.25. The van der Waals surface area contributed by atoms with Crippen LogP contribution in [0.2, 0.25) is 0 Å². The SMILES string of the molecule is CN(c1cccnc1)S(=O)(=O)c1ccc(N2CCCCC2=O)cc1. The third kappa shape index (κ3) is 3.12.